The van der Waals surface area contributed by atoms with Crippen LogP contribution in [-0.2, 0) is 13.0 Å². The summed E-state index contributed by atoms with van der Waals surface area (Å²) >= 11 is 0. The third kappa shape index (κ3) is 4.23. The van der Waals surface area contributed by atoms with Crippen molar-refractivity contribution in [1.82, 2.24) is 5.32 Å². The molecular formula is C18H23NO2. The van der Waals surface area contributed by atoms with Crippen LogP contribution < -0.4 is 14.8 Å². The smallest absolute Gasteiger partial charge is 0.160 e. The molecule has 2 aromatic carbocycles. The molecule has 3 heteroatoms. The lowest BCUT2D eigenvalue weighted by molar-refractivity contribution is 0.354. The zero-order valence-electron chi connectivity index (χ0n) is 13.0. The minimum atomic E-state index is 0.772. The molecule has 0 aliphatic heterocycles. The second-order valence-corrected chi connectivity index (χ2v) is 5.04. The number of rotatable bonds is 7. The predicted molar refractivity (Wildman–Crippen MR) is 86.1 cm³/mol. The third-order valence-electron chi connectivity index (χ3n) is 3.62. The largest absolute Gasteiger partial charge is 0.493 e. The highest BCUT2D eigenvalue weighted by molar-refractivity contribution is 5.42. The van der Waals surface area contributed by atoms with Gasteiger partial charge in [0, 0.05) is 6.54 Å². The maximum atomic E-state index is 5.32. The van der Waals surface area contributed by atoms with Crippen LogP contribution in [0.15, 0.2) is 42.5 Å². The Balaban J connectivity index is 1.85. The van der Waals surface area contributed by atoms with Crippen LogP contribution in [0.1, 0.15) is 16.7 Å². The Morgan fingerprint density at radius 3 is 2.43 bits per heavy atom. The highest BCUT2D eigenvalue weighted by Crippen LogP contribution is 2.27. The van der Waals surface area contributed by atoms with E-state index in [4.69, 9.17) is 9.47 Å². The Bertz CT molecular complexity index is 581. The first-order valence-electron chi connectivity index (χ1n) is 7.20. The Labute approximate surface area is 126 Å². The molecule has 0 aromatic heterocycles. The van der Waals surface area contributed by atoms with Gasteiger partial charge in [0.15, 0.2) is 11.5 Å². The van der Waals surface area contributed by atoms with Crippen molar-refractivity contribution in [1.29, 1.82) is 0 Å². The molecule has 0 radical (unpaired) electrons. The van der Waals surface area contributed by atoms with E-state index < -0.39 is 0 Å². The summed E-state index contributed by atoms with van der Waals surface area (Å²) in [4.78, 5) is 0. The minimum Gasteiger partial charge on any atom is -0.493 e. The molecule has 0 fully saturated rings. The molecule has 1 N–H and O–H groups in total. The van der Waals surface area contributed by atoms with Gasteiger partial charge in [-0.05, 0) is 48.7 Å². The standard InChI is InChI=1S/C18H23NO2/c1-14-6-4-5-7-16(14)13-19-11-10-15-8-9-17(20-2)18(12-15)21-3/h4-9,12,19H,10-11,13H2,1-3H3. The van der Waals surface area contributed by atoms with Gasteiger partial charge in [0.1, 0.15) is 0 Å². The van der Waals surface area contributed by atoms with Gasteiger partial charge in [-0.2, -0.15) is 0 Å². The van der Waals surface area contributed by atoms with Crippen molar-refractivity contribution in [2.75, 3.05) is 20.8 Å². The predicted octanol–water partition coefficient (Wildman–Crippen LogP) is 3.34. The number of nitrogens with one attached hydrogen (secondary N) is 1. The number of methoxy groups -OCH3 is 2. The quantitative estimate of drug-likeness (QED) is 0.791. The first-order valence-corrected chi connectivity index (χ1v) is 7.20. The third-order valence-corrected chi connectivity index (χ3v) is 3.62. The van der Waals surface area contributed by atoms with Crippen LogP contribution in [0.4, 0.5) is 0 Å². The van der Waals surface area contributed by atoms with Gasteiger partial charge in [-0.3, -0.25) is 0 Å². The summed E-state index contributed by atoms with van der Waals surface area (Å²) in [5.41, 5.74) is 3.92. The zero-order chi connectivity index (χ0) is 15.1. The SMILES string of the molecule is COc1ccc(CCNCc2ccccc2C)cc1OC. The van der Waals surface area contributed by atoms with Crippen LogP contribution >= 0.6 is 0 Å². The van der Waals surface area contributed by atoms with Crippen molar-refractivity contribution >= 4 is 0 Å². The van der Waals surface area contributed by atoms with E-state index in [1.54, 1.807) is 14.2 Å². The molecule has 3 nitrogen and oxygen atoms in total. The second kappa shape index (κ2) is 7.70. The fourth-order valence-corrected chi connectivity index (χ4v) is 2.30. The molecular weight excluding hydrogens is 262 g/mol. The lowest BCUT2D eigenvalue weighted by atomic mass is 10.1. The highest BCUT2D eigenvalue weighted by Gasteiger charge is 2.04. The molecule has 0 spiro atoms. The van der Waals surface area contributed by atoms with Crippen molar-refractivity contribution in [3.05, 3.63) is 59.2 Å². The van der Waals surface area contributed by atoms with Crippen molar-refractivity contribution in [2.24, 2.45) is 0 Å². The van der Waals surface area contributed by atoms with Crippen molar-refractivity contribution in [3.63, 3.8) is 0 Å². The van der Waals surface area contributed by atoms with E-state index in [1.165, 1.54) is 16.7 Å². The molecule has 0 unspecified atom stereocenters. The first-order chi connectivity index (χ1) is 10.2. The topological polar surface area (TPSA) is 30.5 Å². The molecule has 112 valence electrons. The highest BCUT2D eigenvalue weighted by atomic mass is 16.5. The number of hydrogen-bond acceptors (Lipinski definition) is 3. The van der Waals surface area contributed by atoms with Crippen LogP contribution in [0, 0.1) is 6.92 Å². The maximum absolute atomic E-state index is 5.32. The molecule has 21 heavy (non-hydrogen) atoms. The summed E-state index contributed by atoms with van der Waals surface area (Å²) in [6.07, 6.45) is 0.965. The van der Waals surface area contributed by atoms with Gasteiger partial charge < -0.3 is 14.8 Å². The molecule has 0 atom stereocenters. The molecule has 0 aliphatic rings. The summed E-state index contributed by atoms with van der Waals surface area (Å²) < 4.78 is 10.6. The Morgan fingerprint density at radius 1 is 0.952 bits per heavy atom. The van der Waals surface area contributed by atoms with Crippen LogP contribution in [0.2, 0.25) is 0 Å². The van der Waals surface area contributed by atoms with E-state index in [0.717, 1.165) is 31.0 Å². The molecule has 0 saturated carbocycles. The number of hydrogen-bond donors (Lipinski definition) is 1. The summed E-state index contributed by atoms with van der Waals surface area (Å²) in [7, 11) is 3.32. The fourth-order valence-electron chi connectivity index (χ4n) is 2.30. The van der Waals surface area contributed by atoms with Gasteiger partial charge in [0.25, 0.3) is 0 Å². The van der Waals surface area contributed by atoms with Gasteiger partial charge >= 0.3 is 0 Å². The number of aryl methyl sites for hydroxylation is 1. The monoisotopic (exact) mass is 285 g/mol. The first kappa shape index (κ1) is 15.4. The minimum absolute atomic E-state index is 0.772. The van der Waals surface area contributed by atoms with Crippen LogP contribution in [0.25, 0.3) is 0 Å². The summed E-state index contributed by atoms with van der Waals surface area (Å²) in [6, 6.07) is 14.5. The molecule has 0 heterocycles. The number of ether oxygens (including phenoxy) is 2. The van der Waals surface area contributed by atoms with E-state index in [2.05, 4.69) is 42.6 Å². The molecule has 2 aromatic rings. The maximum Gasteiger partial charge on any atom is 0.160 e. The van der Waals surface area contributed by atoms with Gasteiger partial charge in [-0.1, -0.05) is 30.3 Å². The summed E-state index contributed by atoms with van der Waals surface area (Å²) in [5.74, 6) is 1.56. The summed E-state index contributed by atoms with van der Waals surface area (Å²) in [6.45, 7) is 3.98. The van der Waals surface area contributed by atoms with E-state index in [0.29, 0.717) is 0 Å². The molecule has 0 bridgehead atoms. The molecule has 2 rings (SSSR count). The van der Waals surface area contributed by atoms with Gasteiger partial charge in [0.05, 0.1) is 14.2 Å². The fraction of sp³-hybridized carbons (Fsp3) is 0.333. The molecule has 0 amide bonds. The van der Waals surface area contributed by atoms with Gasteiger partial charge in [-0.15, -0.1) is 0 Å². The summed E-state index contributed by atoms with van der Waals surface area (Å²) in [5, 5.41) is 3.49. The Morgan fingerprint density at radius 2 is 1.71 bits per heavy atom. The second-order valence-electron chi connectivity index (χ2n) is 5.04. The van der Waals surface area contributed by atoms with Crippen LogP contribution in [-0.4, -0.2) is 20.8 Å². The zero-order valence-corrected chi connectivity index (χ0v) is 13.0. The lowest BCUT2D eigenvalue weighted by Crippen LogP contribution is -2.17. The average Bonchev–Trinajstić information content (AvgIpc) is 2.52. The van der Waals surface area contributed by atoms with Gasteiger partial charge in [0.2, 0.25) is 0 Å². The lowest BCUT2D eigenvalue weighted by Gasteiger charge is -2.10. The van der Waals surface area contributed by atoms with E-state index in [9.17, 15) is 0 Å². The number of benzene rings is 2. The van der Waals surface area contributed by atoms with E-state index in [1.807, 2.05) is 12.1 Å². The Hall–Kier alpha value is -2.00. The van der Waals surface area contributed by atoms with Crippen LogP contribution in [0.3, 0.4) is 0 Å². The van der Waals surface area contributed by atoms with E-state index in [-0.39, 0.29) is 0 Å². The average molecular weight is 285 g/mol. The van der Waals surface area contributed by atoms with Crippen molar-refractivity contribution < 1.29 is 9.47 Å². The van der Waals surface area contributed by atoms with Crippen molar-refractivity contribution in [2.45, 2.75) is 19.9 Å². The van der Waals surface area contributed by atoms with Crippen LogP contribution in [0.5, 0.6) is 11.5 Å². The van der Waals surface area contributed by atoms with Crippen molar-refractivity contribution in [3.8, 4) is 11.5 Å². The molecule has 0 saturated heterocycles. The Kier molecular flexibility index (Phi) is 5.64. The van der Waals surface area contributed by atoms with Gasteiger partial charge in [-0.25, -0.2) is 0 Å². The normalized spacial score (nSPS) is 10.4. The molecule has 0 aliphatic carbocycles. The van der Waals surface area contributed by atoms with E-state index >= 15 is 0 Å².